The standard InChI is InChI=1S/C15H24N2O/c1-5-7-14(16)15(18)17(6-2)13-9-11(3)8-12(4)10-13/h8-10,14H,5-7,16H2,1-4H3. The summed E-state index contributed by atoms with van der Waals surface area (Å²) in [5.74, 6) is 0.0179. The van der Waals surface area contributed by atoms with E-state index in [-0.39, 0.29) is 5.91 Å². The summed E-state index contributed by atoms with van der Waals surface area (Å²) in [4.78, 5) is 14.1. The van der Waals surface area contributed by atoms with E-state index in [0.717, 1.165) is 18.5 Å². The van der Waals surface area contributed by atoms with Gasteiger partial charge in [0.15, 0.2) is 0 Å². The first-order valence-corrected chi connectivity index (χ1v) is 6.64. The van der Waals surface area contributed by atoms with Crippen LogP contribution < -0.4 is 10.6 Å². The van der Waals surface area contributed by atoms with E-state index in [1.54, 1.807) is 4.90 Å². The second kappa shape index (κ2) is 6.55. The van der Waals surface area contributed by atoms with Gasteiger partial charge in [0.2, 0.25) is 5.91 Å². The van der Waals surface area contributed by atoms with Crippen molar-refractivity contribution < 1.29 is 4.79 Å². The molecule has 1 atom stereocenters. The molecule has 0 aliphatic carbocycles. The molecule has 0 fully saturated rings. The Balaban J connectivity index is 2.98. The van der Waals surface area contributed by atoms with Crippen molar-refractivity contribution in [3.63, 3.8) is 0 Å². The van der Waals surface area contributed by atoms with Crippen LogP contribution in [0.15, 0.2) is 18.2 Å². The first kappa shape index (κ1) is 14.7. The first-order valence-electron chi connectivity index (χ1n) is 6.64. The normalized spacial score (nSPS) is 12.3. The van der Waals surface area contributed by atoms with E-state index < -0.39 is 6.04 Å². The molecule has 3 heteroatoms. The third kappa shape index (κ3) is 3.57. The fraction of sp³-hybridized carbons (Fsp3) is 0.533. The molecule has 0 spiro atoms. The predicted octanol–water partition coefficient (Wildman–Crippen LogP) is 2.78. The minimum absolute atomic E-state index is 0.0179. The molecule has 100 valence electrons. The molecule has 3 nitrogen and oxygen atoms in total. The van der Waals surface area contributed by atoms with Crippen molar-refractivity contribution in [2.45, 2.75) is 46.6 Å². The molecule has 1 aromatic carbocycles. The van der Waals surface area contributed by atoms with Crippen molar-refractivity contribution in [1.82, 2.24) is 0 Å². The Labute approximate surface area is 110 Å². The Morgan fingerprint density at radius 1 is 1.22 bits per heavy atom. The lowest BCUT2D eigenvalue weighted by atomic mass is 10.1. The lowest BCUT2D eigenvalue weighted by Gasteiger charge is -2.25. The Morgan fingerprint density at radius 2 is 1.78 bits per heavy atom. The first-order chi connectivity index (χ1) is 8.49. The number of rotatable bonds is 5. The number of aryl methyl sites for hydroxylation is 2. The average Bonchev–Trinajstić information content (AvgIpc) is 2.28. The molecule has 0 aliphatic heterocycles. The fourth-order valence-electron chi connectivity index (χ4n) is 2.21. The summed E-state index contributed by atoms with van der Waals surface area (Å²) >= 11 is 0. The second-order valence-electron chi connectivity index (χ2n) is 4.82. The van der Waals surface area contributed by atoms with Crippen molar-refractivity contribution in [1.29, 1.82) is 0 Å². The van der Waals surface area contributed by atoms with E-state index in [2.05, 4.69) is 6.07 Å². The summed E-state index contributed by atoms with van der Waals surface area (Å²) in [7, 11) is 0. The molecule has 0 saturated heterocycles. The van der Waals surface area contributed by atoms with Crippen LogP contribution in [0, 0.1) is 13.8 Å². The van der Waals surface area contributed by atoms with E-state index in [0.29, 0.717) is 6.54 Å². The highest BCUT2D eigenvalue weighted by atomic mass is 16.2. The molecule has 1 amide bonds. The van der Waals surface area contributed by atoms with Crippen LogP contribution in [-0.2, 0) is 4.79 Å². The maximum Gasteiger partial charge on any atom is 0.243 e. The SMILES string of the molecule is CCCC(N)C(=O)N(CC)c1cc(C)cc(C)c1. The number of likely N-dealkylation sites (N-methyl/N-ethyl adjacent to an activating group) is 1. The van der Waals surface area contributed by atoms with E-state index in [1.807, 2.05) is 39.8 Å². The summed E-state index contributed by atoms with van der Waals surface area (Å²) in [5, 5.41) is 0. The number of nitrogens with zero attached hydrogens (tertiary/aromatic N) is 1. The summed E-state index contributed by atoms with van der Waals surface area (Å²) < 4.78 is 0. The van der Waals surface area contributed by atoms with Crippen LogP contribution in [0.25, 0.3) is 0 Å². The van der Waals surface area contributed by atoms with Gasteiger partial charge in [0.1, 0.15) is 0 Å². The quantitative estimate of drug-likeness (QED) is 0.871. The van der Waals surface area contributed by atoms with Gasteiger partial charge in [-0.1, -0.05) is 19.4 Å². The maximum atomic E-state index is 12.3. The highest BCUT2D eigenvalue weighted by Gasteiger charge is 2.20. The van der Waals surface area contributed by atoms with Crippen LogP contribution in [0.1, 0.15) is 37.8 Å². The second-order valence-corrected chi connectivity index (χ2v) is 4.82. The summed E-state index contributed by atoms with van der Waals surface area (Å²) in [5.41, 5.74) is 9.21. The molecule has 1 unspecified atom stereocenters. The molecular formula is C15H24N2O. The minimum atomic E-state index is -0.393. The zero-order valence-corrected chi connectivity index (χ0v) is 11.9. The molecule has 0 heterocycles. The van der Waals surface area contributed by atoms with Gasteiger partial charge in [-0.3, -0.25) is 4.79 Å². The van der Waals surface area contributed by atoms with Gasteiger partial charge >= 0.3 is 0 Å². The predicted molar refractivity (Wildman–Crippen MR) is 76.8 cm³/mol. The number of carbonyl (C=O) groups is 1. The molecular weight excluding hydrogens is 224 g/mol. The van der Waals surface area contributed by atoms with Crippen molar-refractivity contribution in [3.8, 4) is 0 Å². The number of nitrogens with two attached hydrogens (primary N) is 1. The Bertz CT molecular complexity index is 395. The Morgan fingerprint density at radius 3 is 2.22 bits per heavy atom. The number of hydrogen-bond donors (Lipinski definition) is 1. The van der Waals surface area contributed by atoms with Gasteiger partial charge in [0.05, 0.1) is 6.04 Å². The van der Waals surface area contributed by atoms with Gasteiger partial charge in [0.25, 0.3) is 0 Å². The van der Waals surface area contributed by atoms with Crippen molar-refractivity contribution in [2.24, 2.45) is 5.73 Å². The number of anilines is 1. The van der Waals surface area contributed by atoms with Crippen molar-refractivity contribution in [2.75, 3.05) is 11.4 Å². The van der Waals surface area contributed by atoms with E-state index in [1.165, 1.54) is 11.1 Å². The third-order valence-corrected chi connectivity index (χ3v) is 3.02. The van der Waals surface area contributed by atoms with Crippen LogP contribution >= 0.6 is 0 Å². The van der Waals surface area contributed by atoms with Crippen molar-refractivity contribution in [3.05, 3.63) is 29.3 Å². The monoisotopic (exact) mass is 248 g/mol. The summed E-state index contributed by atoms with van der Waals surface area (Å²) in [6, 6.07) is 5.78. The minimum Gasteiger partial charge on any atom is -0.320 e. The molecule has 0 aromatic heterocycles. The lowest BCUT2D eigenvalue weighted by molar-refractivity contribution is -0.119. The van der Waals surface area contributed by atoms with Gasteiger partial charge in [-0.25, -0.2) is 0 Å². The van der Waals surface area contributed by atoms with Crippen LogP contribution in [0.5, 0.6) is 0 Å². The van der Waals surface area contributed by atoms with Gasteiger partial charge in [-0.2, -0.15) is 0 Å². The zero-order valence-electron chi connectivity index (χ0n) is 11.9. The molecule has 0 saturated carbocycles. The van der Waals surface area contributed by atoms with E-state index in [4.69, 9.17) is 5.73 Å². The lowest BCUT2D eigenvalue weighted by Crippen LogP contribution is -2.43. The van der Waals surface area contributed by atoms with Gasteiger partial charge in [0, 0.05) is 12.2 Å². The van der Waals surface area contributed by atoms with Gasteiger partial charge in [-0.05, 0) is 50.5 Å². The van der Waals surface area contributed by atoms with Crippen LogP contribution in [0.3, 0.4) is 0 Å². The summed E-state index contributed by atoms with van der Waals surface area (Å²) in [6.45, 7) is 8.76. The molecule has 18 heavy (non-hydrogen) atoms. The molecule has 1 aromatic rings. The highest BCUT2D eigenvalue weighted by Crippen LogP contribution is 2.19. The summed E-state index contributed by atoms with van der Waals surface area (Å²) in [6.07, 6.45) is 1.66. The molecule has 0 aliphatic rings. The number of hydrogen-bond acceptors (Lipinski definition) is 2. The highest BCUT2D eigenvalue weighted by molar-refractivity contribution is 5.97. The van der Waals surface area contributed by atoms with Crippen molar-refractivity contribution >= 4 is 11.6 Å². The number of carbonyl (C=O) groups excluding carboxylic acids is 1. The van der Waals surface area contributed by atoms with Crippen LogP contribution in [0.4, 0.5) is 5.69 Å². The largest absolute Gasteiger partial charge is 0.320 e. The van der Waals surface area contributed by atoms with E-state index >= 15 is 0 Å². The van der Waals surface area contributed by atoms with Crippen LogP contribution in [0.2, 0.25) is 0 Å². The average molecular weight is 248 g/mol. The fourth-order valence-corrected chi connectivity index (χ4v) is 2.21. The van der Waals surface area contributed by atoms with E-state index in [9.17, 15) is 4.79 Å². The number of benzene rings is 1. The molecule has 0 bridgehead atoms. The zero-order chi connectivity index (χ0) is 13.7. The topological polar surface area (TPSA) is 46.3 Å². The van der Waals surface area contributed by atoms with Gasteiger partial charge < -0.3 is 10.6 Å². The Kier molecular flexibility index (Phi) is 5.35. The maximum absolute atomic E-state index is 12.3. The third-order valence-electron chi connectivity index (χ3n) is 3.02. The molecule has 0 radical (unpaired) electrons. The Hall–Kier alpha value is -1.35. The molecule has 2 N–H and O–H groups in total. The molecule has 1 rings (SSSR count). The van der Waals surface area contributed by atoms with Gasteiger partial charge in [-0.15, -0.1) is 0 Å². The van der Waals surface area contributed by atoms with Crippen LogP contribution in [-0.4, -0.2) is 18.5 Å². The smallest absolute Gasteiger partial charge is 0.243 e. The number of amides is 1.